The van der Waals surface area contributed by atoms with Crippen LogP contribution in [-0.2, 0) is 11.3 Å². The van der Waals surface area contributed by atoms with Crippen molar-refractivity contribution in [1.82, 2.24) is 5.32 Å². The number of aliphatic hydroxyl groups is 1. The molecular formula is C11H16ClNO3. The Balaban J connectivity index is 0.00000225. The average molecular weight is 246 g/mol. The molecule has 0 saturated heterocycles. The van der Waals surface area contributed by atoms with Crippen molar-refractivity contribution < 1.29 is 15.0 Å². The number of aliphatic hydroxyl groups excluding tert-OH is 1. The summed E-state index contributed by atoms with van der Waals surface area (Å²) in [5.41, 5.74) is 2.14. The summed E-state index contributed by atoms with van der Waals surface area (Å²) in [5.74, 6) is -1.04. The Kier molecular flexibility index (Phi) is 6.72. The van der Waals surface area contributed by atoms with Crippen LogP contribution >= 0.6 is 12.4 Å². The van der Waals surface area contributed by atoms with Crippen molar-refractivity contribution in [2.45, 2.75) is 19.5 Å². The van der Waals surface area contributed by atoms with Gasteiger partial charge in [-0.25, -0.2) is 0 Å². The summed E-state index contributed by atoms with van der Waals surface area (Å²) in [4.78, 5) is 10.6. The predicted octanol–water partition coefficient (Wildman–Crippen LogP) is 0.952. The van der Waals surface area contributed by atoms with Crippen molar-refractivity contribution in [2.75, 3.05) is 6.61 Å². The highest BCUT2D eigenvalue weighted by atomic mass is 35.5. The van der Waals surface area contributed by atoms with Gasteiger partial charge in [0, 0.05) is 6.54 Å². The van der Waals surface area contributed by atoms with Crippen LogP contribution in [0.15, 0.2) is 24.3 Å². The number of carboxylic acids is 1. The lowest BCUT2D eigenvalue weighted by Crippen LogP contribution is -2.39. The third-order valence-electron chi connectivity index (χ3n) is 2.12. The highest BCUT2D eigenvalue weighted by Crippen LogP contribution is 2.03. The van der Waals surface area contributed by atoms with Gasteiger partial charge in [0.15, 0.2) is 0 Å². The summed E-state index contributed by atoms with van der Waals surface area (Å²) in [5, 5.41) is 20.2. The zero-order valence-corrected chi connectivity index (χ0v) is 9.83. The summed E-state index contributed by atoms with van der Waals surface area (Å²) in [6.07, 6.45) is 0. The van der Waals surface area contributed by atoms with Crippen LogP contribution in [0, 0.1) is 6.92 Å². The molecule has 0 radical (unpaired) electrons. The second kappa shape index (κ2) is 7.22. The highest BCUT2D eigenvalue weighted by molar-refractivity contribution is 5.85. The minimum atomic E-state index is -1.04. The SMILES string of the molecule is Cc1cccc(CN[C@H](CO)C(=O)O)c1.Cl. The van der Waals surface area contributed by atoms with Crippen LogP contribution in [0.25, 0.3) is 0 Å². The van der Waals surface area contributed by atoms with Crippen molar-refractivity contribution in [1.29, 1.82) is 0 Å². The molecule has 0 spiro atoms. The number of carbonyl (C=O) groups is 1. The van der Waals surface area contributed by atoms with Crippen molar-refractivity contribution in [3.8, 4) is 0 Å². The Morgan fingerprint density at radius 2 is 2.19 bits per heavy atom. The number of carboxylic acid groups (broad SMARTS) is 1. The van der Waals surface area contributed by atoms with Gasteiger partial charge in [0.2, 0.25) is 0 Å². The summed E-state index contributed by atoms with van der Waals surface area (Å²) in [7, 11) is 0. The fraction of sp³-hybridized carbons (Fsp3) is 0.364. The fourth-order valence-electron chi connectivity index (χ4n) is 1.29. The van der Waals surface area contributed by atoms with Crippen molar-refractivity contribution in [2.24, 2.45) is 0 Å². The molecule has 0 heterocycles. The van der Waals surface area contributed by atoms with E-state index in [0.29, 0.717) is 6.54 Å². The smallest absolute Gasteiger partial charge is 0.323 e. The van der Waals surface area contributed by atoms with Crippen LogP contribution in [0.2, 0.25) is 0 Å². The van der Waals surface area contributed by atoms with E-state index in [9.17, 15) is 4.79 Å². The molecule has 16 heavy (non-hydrogen) atoms. The Morgan fingerprint density at radius 1 is 1.50 bits per heavy atom. The number of aryl methyl sites for hydroxylation is 1. The van der Waals surface area contributed by atoms with Gasteiger partial charge in [-0.15, -0.1) is 12.4 Å². The molecule has 5 heteroatoms. The Bertz CT molecular complexity index is 344. The van der Waals surface area contributed by atoms with Gasteiger partial charge in [-0.05, 0) is 12.5 Å². The molecule has 1 atom stereocenters. The van der Waals surface area contributed by atoms with Gasteiger partial charge >= 0.3 is 5.97 Å². The number of rotatable bonds is 5. The normalized spacial score (nSPS) is 11.6. The third kappa shape index (κ3) is 4.61. The molecule has 0 unspecified atom stereocenters. The van der Waals surface area contributed by atoms with Gasteiger partial charge < -0.3 is 10.2 Å². The van der Waals surface area contributed by atoms with E-state index in [0.717, 1.165) is 11.1 Å². The maximum atomic E-state index is 10.6. The van der Waals surface area contributed by atoms with E-state index in [-0.39, 0.29) is 12.4 Å². The van der Waals surface area contributed by atoms with Crippen LogP contribution < -0.4 is 5.32 Å². The van der Waals surface area contributed by atoms with Crippen LogP contribution in [0.5, 0.6) is 0 Å². The zero-order chi connectivity index (χ0) is 11.3. The van der Waals surface area contributed by atoms with Gasteiger partial charge in [0.05, 0.1) is 6.61 Å². The molecule has 0 fully saturated rings. The van der Waals surface area contributed by atoms with Gasteiger partial charge in [-0.2, -0.15) is 0 Å². The van der Waals surface area contributed by atoms with E-state index in [1.165, 1.54) is 0 Å². The standard InChI is InChI=1S/C11H15NO3.ClH/c1-8-3-2-4-9(5-8)6-12-10(7-13)11(14)15;/h2-5,10,12-13H,6-7H2,1H3,(H,14,15);1H/t10-;/m1./s1. The molecule has 0 saturated carbocycles. The first-order valence-electron chi connectivity index (χ1n) is 4.76. The molecule has 0 aromatic heterocycles. The van der Waals surface area contributed by atoms with Crippen molar-refractivity contribution >= 4 is 18.4 Å². The molecule has 1 aromatic rings. The highest BCUT2D eigenvalue weighted by Gasteiger charge is 2.14. The molecule has 3 N–H and O–H groups in total. The van der Waals surface area contributed by atoms with E-state index in [1.807, 2.05) is 31.2 Å². The number of halogens is 1. The second-order valence-corrected chi connectivity index (χ2v) is 3.44. The molecule has 0 amide bonds. The lowest BCUT2D eigenvalue weighted by Gasteiger charge is -2.11. The van der Waals surface area contributed by atoms with Gasteiger partial charge in [0.25, 0.3) is 0 Å². The van der Waals surface area contributed by atoms with E-state index in [1.54, 1.807) is 0 Å². The van der Waals surface area contributed by atoms with Gasteiger partial charge in [0.1, 0.15) is 6.04 Å². The number of nitrogens with one attached hydrogen (secondary N) is 1. The Labute approximate surface area is 101 Å². The summed E-state index contributed by atoms with van der Waals surface area (Å²) < 4.78 is 0. The molecule has 0 aliphatic carbocycles. The second-order valence-electron chi connectivity index (χ2n) is 3.44. The zero-order valence-electron chi connectivity index (χ0n) is 9.01. The van der Waals surface area contributed by atoms with Crippen molar-refractivity contribution in [3.63, 3.8) is 0 Å². The molecular weight excluding hydrogens is 230 g/mol. The summed E-state index contributed by atoms with van der Waals surface area (Å²) in [6, 6.07) is 6.88. The molecule has 0 aliphatic heterocycles. The van der Waals surface area contributed by atoms with Gasteiger partial charge in [-0.3, -0.25) is 10.1 Å². The molecule has 0 bridgehead atoms. The van der Waals surface area contributed by atoms with Crippen LogP contribution in [0.3, 0.4) is 0 Å². The van der Waals surface area contributed by atoms with Gasteiger partial charge in [-0.1, -0.05) is 29.8 Å². The first-order valence-corrected chi connectivity index (χ1v) is 4.76. The minimum absolute atomic E-state index is 0. The lowest BCUT2D eigenvalue weighted by atomic mass is 10.1. The fourth-order valence-corrected chi connectivity index (χ4v) is 1.29. The van der Waals surface area contributed by atoms with E-state index < -0.39 is 18.6 Å². The number of hydrogen-bond donors (Lipinski definition) is 3. The quantitative estimate of drug-likeness (QED) is 0.723. The lowest BCUT2D eigenvalue weighted by molar-refractivity contribution is -0.140. The molecule has 0 aliphatic rings. The first kappa shape index (κ1) is 14.9. The largest absolute Gasteiger partial charge is 0.480 e. The Morgan fingerprint density at radius 3 is 2.69 bits per heavy atom. The van der Waals surface area contributed by atoms with Crippen LogP contribution in [-0.4, -0.2) is 28.8 Å². The molecule has 1 rings (SSSR count). The van der Waals surface area contributed by atoms with Crippen molar-refractivity contribution in [3.05, 3.63) is 35.4 Å². The number of hydrogen-bond acceptors (Lipinski definition) is 3. The van der Waals surface area contributed by atoms with E-state index >= 15 is 0 Å². The predicted molar refractivity (Wildman–Crippen MR) is 63.8 cm³/mol. The van der Waals surface area contributed by atoms with E-state index in [4.69, 9.17) is 10.2 Å². The maximum absolute atomic E-state index is 10.6. The molecule has 90 valence electrons. The summed E-state index contributed by atoms with van der Waals surface area (Å²) >= 11 is 0. The molecule has 1 aromatic carbocycles. The first-order chi connectivity index (χ1) is 7.13. The minimum Gasteiger partial charge on any atom is -0.480 e. The third-order valence-corrected chi connectivity index (χ3v) is 2.12. The number of benzene rings is 1. The molecule has 4 nitrogen and oxygen atoms in total. The Hall–Kier alpha value is -1.10. The maximum Gasteiger partial charge on any atom is 0.323 e. The van der Waals surface area contributed by atoms with Crippen LogP contribution in [0.4, 0.5) is 0 Å². The van der Waals surface area contributed by atoms with E-state index in [2.05, 4.69) is 5.32 Å². The average Bonchev–Trinajstić information content (AvgIpc) is 2.18. The topological polar surface area (TPSA) is 69.6 Å². The summed E-state index contributed by atoms with van der Waals surface area (Å²) in [6.45, 7) is 2.02. The number of aliphatic carboxylic acids is 1. The van der Waals surface area contributed by atoms with Crippen LogP contribution in [0.1, 0.15) is 11.1 Å². The monoisotopic (exact) mass is 245 g/mol.